The second-order valence-corrected chi connectivity index (χ2v) is 6.66. The zero-order chi connectivity index (χ0) is 19.3. The van der Waals surface area contributed by atoms with Gasteiger partial charge in [0.15, 0.2) is 0 Å². The first-order valence-corrected chi connectivity index (χ1v) is 9.24. The molecule has 0 unspecified atom stereocenters. The molecule has 1 N–H and O–H groups in total. The van der Waals surface area contributed by atoms with E-state index in [1.54, 1.807) is 24.3 Å². The molecule has 0 atom stereocenters. The fraction of sp³-hybridized carbons (Fsp3) is 0.238. The van der Waals surface area contributed by atoms with Crippen LogP contribution in [0, 0.1) is 11.6 Å². The van der Waals surface area contributed by atoms with Crippen molar-refractivity contribution in [1.29, 1.82) is 0 Å². The molecule has 144 valence electrons. The quantitative estimate of drug-likeness (QED) is 0.730. The number of anilines is 3. The van der Waals surface area contributed by atoms with Crippen LogP contribution in [0.5, 0.6) is 0 Å². The van der Waals surface area contributed by atoms with Crippen molar-refractivity contribution >= 4 is 17.3 Å². The maximum absolute atomic E-state index is 13.8. The van der Waals surface area contributed by atoms with Gasteiger partial charge in [0.25, 0.3) is 0 Å². The first-order valence-electron chi connectivity index (χ1n) is 9.24. The summed E-state index contributed by atoms with van der Waals surface area (Å²) < 4.78 is 26.9. The third-order valence-corrected chi connectivity index (χ3v) is 4.87. The first kappa shape index (κ1) is 18.2. The molecule has 1 aromatic heterocycles. The molecule has 0 bridgehead atoms. The van der Waals surface area contributed by atoms with Crippen molar-refractivity contribution in [3.05, 3.63) is 78.1 Å². The average molecular weight is 381 g/mol. The van der Waals surface area contributed by atoms with Crippen LogP contribution in [0.2, 0.25) is 0 Å². The molecule has 4 rings (SSSR count). The summed E-state index contributed by atoms with van der Waals surface area (Å²) in [6.45, 7) is 3.63. The molecule has 1 saturated heterocycles. The summed E-state index contributed by atoms with van der Waals surface area (Å²) in [5.41, 5.74) is 1.62. The summed E-state index contributed by atoms with van der Waals surface area (Å²) in [4.78, 5) is 13.0. The SMILES string of the molecule is Fc1ccc(N2CCN(c3cc(NCc4ccccc4F)ncn3)CC2)cc1. The van der Waals surface area contributed by atoms with Crippen LogP contribution in [0.4, 0.5) is 26.1 Å². The molecular formula is C21H21F2N5. The van der Waals surface area contributed by atoms with Crippen LogP contribution in [0.3, 0.4) is 0 Å². The van der Waals surface area contributed by atoms with Crippen molar-refractivity contribution in [2.45, 2.75) is 6.54 Å². The molecular weight excluding hydrogens is 360 g/mol. The topological polar surface area (TPSA) is 44.3 Å². The zero-order valence-corrected chi connectivity index (χ0v) is 15.4. The fourth-order valence-electron chi connectivity index (χ4n) is 3.29. The van der Waals surface area contributed by atoms with Crippen LogP contribution in [0.1, 0.15) is 5.56 Å². The van der Waals surface area contributed by atoms with E-state index in [4.69, 9.17) is 0 Å². The van der Waals surface area contributed by atoms with E-state index in [0.717, 1.165) is 37.7 Å². The zero-order valence-electron chi connectivity index (χ0n) is 15.4. The lowest BCUT2D eigenvalue weighted by Gasteiger charge is -2.36. The summed E-state index contributed by atoms with van der Waals surface area (Å²) in [6, 6.07) is 15.1. The van der Waals surface area contributed by atoms with Gasteiger partial charge in [-0.05, 0) is 30.3 Å². The van der Waals surface area contributed by atoms with E-state index in [0.29, 0.717) is 17.9 Å². The van der Waals surface area contributed by atoms with Crippen molar-refractivity contribution in [1.82, 2.24) is 9.97 Å². The van der Waals surface area contributed by atoms with Crippen LogP contribution >= 0.6 is 0 Å². The molecule has 3 aromatic rings. The molecule has 7 heteroatoms. The van der Waals surface area contributed by atoms with Gasteiger partial charge in [-0.3, -0.25) is 0 Å². The van der Waals surface area contributed by atoms with Crippen LogP contribution in [-0.4, -0.2) is 36.1 Å². The Balaban J connectivity index is 1.37. The lowest BCUT2D eigenvalue weighted by Crippen LogP contribution is -2.46. The second-order valence-electron chi connectivity index (χ2n) is 6.66. The highest BCUT2D eigenvalue weighted by Crippen LogP contribution is 2.21. The van der Waals surface area contributed by atoms with Gasteiger partial charge in [-0.2, -0.15) is 0 Å². The van der Waals surface area contributed by atoms with Gasteiger partial charge in [0.2, 0.25) is 0 Å². The van der Waals surface area contributed by atoms with E-state index in [1.165, 1.54) is 24.5 Å². The minimum Gasteiger partial charge on any atom is -0.368 e. The Morgan fingerprint density at radius 1 is 0.857 bits per heavy atom. The van der Waals surface area contributed by atoms with Crippen molar-refractivity contribution in [2.24, 2.45) is 0 Å². The molecule has 0 spiro atoms. The second kappa shape index (κ2) is 8.21. The predicted octanol–water partition coefficient (Wildman–Crippen LogP) is 3.69. The molecule has 1 fully saturated rings. The molecule has 0 amide bonds. The van der Waals surface area contributed by atoms with E-state index < -0.39 is 0 Å². The summed E-state index contributed by atoms with van der Waals surface area (Å²) in [5, 5.41) is 3.16. The highest BCUT2D eigenvalue weighted by Gasteiger charge is 2.19. The van der Waals surface area contributed by atoms with Gasteiger partial charge in [-0.1, -0.05) is 18.2 Å². The summed E-state index contributed by atoms with van der Waals surface area (Å²) in [5.74, 6) is 1.04. The molecule has 2 heterocycles. The van der Waals surface area contributed by atoms with E-state index in [2.05, 4.69) is 25.1 Å². The Morgan fingerprint density at radius 3 is 2.32 bits per heavy atom. The molecule has 1 aliphatic rings. The number of aromatic nitrogens is 2. The minimum atomic E-state index is -0.235. The van der Waals surface area contributed by atoms with Crippen LogP contribution in [0.25, 0.3) is 0 Å². The number of halogens is 2. The largest absolute Gasteiger partial charge is 0.368 e. The minimum absolute atomic E-state index is 0.223. The number of nitrogens with zero attached hydrogens (tertiary/aromatic N) is 4. The third-order valence-electron chi connectivity index (χ3n) is 4.87. The predicted molar refractivity (Wildman–Crippen MR) is 107 cm³/mol. The van der Waals surface area contributed by atoms with Gasteiger partial charge < -0.3 is 15.1 Å². The van der Waals surface area contributed by atoms with E-state index in [-0.39, 0.29) is 11.6 Å². The lowest BCUT2D eigenvalue weighted by atomic mass is 10.2. The Bertz CT molecular complexity index is 924. The number of piperazine rings is 1. The molecule has 28 heavy (non-hydrogen) atoms. The summed E-state index contributed by atoms with van der Waals surface area (Å²) in [7, 11) is 0. The highest BCUT2D eigenvalue weighted by molar-refractivity contribution is 5.52. The number of hydrogen-bond donors (Lipinski definition) is 1. The van der Waals surface area contributed by atoms with Crippen molar-refractivity contribution in [3.63, 3.8) is 0 Å². The van der Waals surface area contributed by atoms with Crippen LogP contribution < -0.4 is 15.1 Å². The monoisotopic (exact) mass is 381 g/mol. The van der Waals surface area contributed by atoms with E-state index in [1.807, 2.05) is 12.1 Å². The Kier molecular flexibility index (Phi) is 5.32. The molecule has 0 saturated carbocycles. The number of benzene rings is 2. The maximum Gasteiger partial charge on any atom is 0.134 e. The molecule has 0 aliphatic carbocycles. The van der Waals surface area contributed by atoms with Gasteiger partial charge in [0, 0.05) is 50.0 Å². The molecule has 2 aromatic carbocycles. The maximum atomic E-state index is 13.8. The average Bonchev–Trinajstić information content (AvgIpc) is 2.74. The first-order chi connectivity index (χ1) is 13.7. The summed E-state index contributed by atoms with van der Waals surface area (Å²) in [6.07, 6.45) is 1.52. The Labute approximate surface area is 162 Å². The van der Waals surface area contributed by atoms with Gasteiger partial charge in [0.05, 0.1) is 0 Å². The Hall–Kier alpha value is -3.22. The fourth-order valence-corrected chi connectivity index (χ4v) is 3.29. The number of nitrogens with one attached hydrogen (secondary N) is 1. The third kappa shape index (κ3) is 4.19. The summed E-state index contributed by atoms with van der Waals surface area (Å²) >= 11 is 0. The highest BCUT2D eigenvalue weighted by atomic mass is 19.1. The smallest absolute Gasteiger partial charge is 0.134 e. The molecule has 0 radical (unpaired) electrons. The number of hydrogen-bond acceptors (Lipinski definition) is 5. The van der Waals surface area contributed by atoms with Crippen molar-refractivity contribution in [2.75, 3.05) is 41.3 Å². The van der Waals surface area contributed by atoms with E-state index >= 15 is 0 Å². The van der Waals surface area contributed by atoms with Crippen molar-refractivity contribution < 1.29 is 8.78 Å². The van der Waals surface area contributed by atoms with Crippen molar-refractivity contribution in [3.8, 4) is 0 Å². The van der Waals surface area contributed by atoms with Crippen LogP contribution in [-0.2, 0) is 6.54 Å². The normalized spacial score (nSPS) is 14.2. The van der Waals surface area contributed by atoms with Gasteiger partial charge in [-0.15, -0.1) is 0 Å². The van der Waals surface area contributed by atoms with Gasteiger partial charge in [0.1, 0.15) is 29.6 Å². The lowest BCUT2D eigenvalue weighted by molar-refractivity contribution is 0.613. The molecule has 5 nitrogen and oxygen atoms in total. The molecule has 1 aliphatic heterocycles. The van der Waals surface area contributed by atoms with Gasteiger partial charge >= 0.3 is 0 Å². The number of rotatable bonds is 5. The van der Waals surface area contributed by atoms with E-state index in [9.17, 15) is 8.78 Å². The van der Waals surface area contributed by atoms with Crippen LogP contribution in [0.15, 0.2) is 60.9 Å². The standard InChI is InChI=1S/C21H21F2N5/c22-17-5-7-18(8-6-17)27-9-11-28(12-10-27)21-13-20(25-15-26-21)24-14-16-3-1-2-4-19(16)23/h1-8,13,15H,9-12,14H2,(H,24,25,26). The van der Waals surface area contributed by atoms with Gasteiger partial charge in [-0.25, -0.2) is 18.7 Å². The Morgan fingerprint density at radius 2 is 1.57 bits per heavy atom.